The van der Waals surface area contributed by atoms with Gasteiger partial charge >= 0.3 is 5.97 Å². The third-order valence-corrected chi connectivity index (χ3v) is 3.47. The summed E-state index contributed by atoms with van der Waals surface area (Å²) in [6.45, 7) is 1.82. The monoisotopic (exact) mass is 313 g/mol. The predicted octanol–water partition coefficient (Wildman–Crippen LogP) is 2.73. The molecule has 88 valence electrons. The number of hydrogen-bond acceptors (Lipinski definition) is 4. The number of carboxylic acids is 1. The van der Waals surface area contributed by atoms with Crippen LogP contribution in [0.25, 0.3) is 0 Å². The first-order chi connectivity index (χ1) is 8.06. The molecule has 0 radical (unpaired) electrons. The lowest BCUT2D eigenvalue weighted by atomic mass is 10.2. The first-order valence-corrected chi connectivity index (χ1v) is 6.27. The number of hydrogen-bond donors (Lipinski definition) is 2. The summed E-state index contributed by atoms with van der Waals surface area (Å²) in [6.07, 6.45) is 0. The molecule has 0 spiro atoms. The molecule has 5 nitrogen and oxygen atoms in total. The summed E-state index contributed by atoms with van der Waals surface area (Å²) in [4.78, 5) is 15.9. The van der Waals surface area contributed by atoms with Gasteiger partial charge in [-0.05, 0) is 52.8 Å². The first-order valence-electron chi connectivity index (χ1n) is 4.66. The van der Waals surface area contributed by atoms with Gasteiger partial charge in [0.05, 0.1) is 5.56 Å². The van der Waals surface area contributed by atoms with E-state index >= 15 is 0 Å². The standard InChI is InChI=1S/C10H8BrN3O2S/c1-5-12-10(14-13-5)17-6-2-3-7(9(15)16)8(11)4-6/h2-4H,1H3,(H,15,16)(H,12,13,14). The molecule has 0 aliphatic rings. The van der Waals surface area contributed by atoms with Crippen LogP contribution in [0.2, 0.25) is 0 Å². The minimum absolute atomic E-state index is 0.237. The first kappa shape index (κ1) is 12.1. The molecule has 0 saturated heterocycles. The Morgan fingerprint density at radius 3 is 2.82 bits per heavy atom. The number of nitrogens with one attached hydrogen (secondary N) is 1. The fourth-order valence-corrected chi connectivity index (χ4v) is 2.70. The normalized spacial score (nSPS) is 10.5. The molecule has 0 atom stereocenters. The zero-order valence-corrected chi connectivity index (χ0v) is 11.2. The van der Waals surface area contributed by atoms with E-state index in [4.69, 9.17) is 5.11 Å². The molecular weight excluding hydrogens is 306 g/mol. The van der Waals surface area contributed by atoms with Crippen LogP contribution in [0.5, 0.6) is 0 Å². The van der Waals surface area contributed by atoms with Crippen molar-refractivity contribution in [2.45, 2.75) is 17.0 Å². The molecule has 2 rings (SSSR count). The summed E-state index contributed by atoms with van der Waals surface area (Å²) in [5.41, 5.74) is 0.237. The summed E-state index contributed by atoms with van der Waals surface area (Å²) < 4.78 is 0.544. The van der Waals surface area contributed by atoms with Gasteiger partial charge in [0, 0.05) is 9.37 Å². The number of carbonyl (C=O) groups is 1. The molecule has 0 bridgehead atoms. The van der Waals surface area contributed by atoms with Crippen LogP contribution in [0.15, 0.2) is 32.7 Å². The predicted molar refractivity (Wildman–Crippen MR) is 66.3 cm³/mol. The summed E-state index contributed by atoms with van der Waals surface area (Å²) >= 11 is 4.59. The molecule has 7 heteroatoms. The number of rotatable bonds is 3. The van der Waals surface area contributed by atoms with E-state index in [1.807, 2.05) is 6.92 Å². The Labute approximate surface area is 110 Å². The number of nitrogens with zero attached hydrogens (tertiary/aromatic N) is 2. The number of aryl methyl sites for hydroxylation is 1. The Hall–Kier alpha value is -1.34. The van der Waals surface area contributed by atoms with Crippen LogP contribution in [0.1, 0.15) is 16.2 Å². The van der Waals surface area contributed by atoms with Gasteiger partial charge in [-0.1, -0.05) is 0 Å². The second-order valence-corrected chi connectivity index (χ2v) is 5.15. The quantitative estimate of drug-likeness (QED) is 0.910. The molecule has 0 aliphatic carbocycles. The molecule has 0 saturated carbocycles. The van der Waals surface area contributed by atoms with Crippen LogP contribution < -0.4 is 0 Å². The van der Waals surface area contributed by atoms with Crippen molar-refractivity contribution in [3.63, 3.8) is 0 Å². The van der Waals surface area contributed by atoms with Gasteiger partial charge in [0.25, 0.3) is 0 Å². The molecule has 1 aromatic carbocycles. The maximum Gasteiger partial charge on any atom is 0.336 e. The third-order valence-electron chi connectivity index (χ3n) is 1.96. The number of halogens is 1. The SMILES string of the molecule is Cc1nc(Sc2ccc(C(=O)O)c(Br)c2)n[nH]1. The van der Waals surface area contributed by atoms with Crippen LogP contribution >= 0.6 is 27.7 Å². The minimum atomic E-state index is -0.956. The molecule has 1 aromatic heterocycles. The van der Waals surface area contributed by atoms with Gasteiger partial charge in [-0.3, -0.25) is 5.10 Å². The highest BCUT2D eigenvalue weighted by Crippen LogP contribution is 2.28. The second-order valence-electron chi connectivity index (χ2n) is 3.25. The van der Waals surface area contributed by atoms with Gasteiger partial charge in [-0.25, -0.2) is 9.78 Å². The molecule has 0 unspecified atom stereocenters. The van der Waals surface area contributed by atoms with Crippen molar-refractivity contribution in [2.24, 2.45) is 0 Å². The Kier molecular flexibility index (Phi) is 3.49. The van der Waals surface area contributed by atoms with Crippen molar-refractivity contribution in [2.75, 3.05) is 0 Å². The van der Waals surface area contributed by atoms with Crippen LogP contribution in [-0.2, 0) is 0 Å². The minimum Gasteiger partial charge on any atom is -0.478 e. The van der Waals surface area contributed by atoms with Crippen molar-refractivity contribution in [1.29, 1.82) is 0 Å². The molecule has 0 amide bonds. The maximum atomic E-state index is 10.8. The van der Waals surface area contributed by atoms with Gasteiger partial charge in [0.1, 0.15) is 5.82 Å². The molecule has 0 fully saturated rings. The topological polar surface area (TPSA) is 78.9 Å². The number of carboxylic acid groups (broad SMARTS) is 1. The van der Waals surface area contributed by atoms with Gasteiger partial charge in [0.2, 0.25) is 5.16 Å². The number of H-pyrrole nitrogens is 1. The fourth-order valence-electron chi connectivity index (χ4n) is 1.21. The van der Waals surface area contributed by atoms with Gasteiger partial charge in [-0.2, -0.15) is 0 Å². The largest absolute Gasteiger partial charge is 0.478 e. The molecular formula is C10H8BrN3O2S. The van der Waals surface area contributed by atoms with E-state index in [0.29, 0.717) is 9.63 Å². The average molecular weight is 314 g/mol. The number of aromatic amines is 1. The van der Waals surface area contributed by atoms with E-state index in [1.165, 1.54) is 11.8 Å². The second kappa shape index (κ2) is 4.89. The Balaban J connectivity index is 2.23. The van der Waals surface area contributed by atoms with Crippen molar-refractivity contribution in [1.82, 2.24) is 15.2 Å². The van der Waals surface area contributed by atoms with E-state index in [-0.39, 0.29) is 5.56 Å². The highest BCUT2D eigenvalue weighted by Gasteiger charge is 2.10. The van der Waals surface area contributed by atoms with E-state index in [9.17, 15) is 4.79 Å². The van der Waals surface area contributed by atoms with Crippen LogP contribution in [0, 0.1) is 6.92 Å². The van der Waals surface area contributed by atoms with E-state index in [1.54, 1.807) is 18.2 Å². The van der Waals surface area contributed by atoms with Crippen molar-refractivity contribution in [3.8, 4) is 0 Å². The van der Waals surface area contributed by atoms with E-state index in [0.717, 1.165) is 10.7 Å². The smallest absolute Gasteiger partial charge is 0.336 e. The number of aromatic carboxylic acids is 1. The van der Waals surface area contributed by atoms with E-state index < -0.39 is 5.97 Å². The lowest BCUT2D eigenvalue weighted by Crippen LogP contribution is -1.97. The fraction of sp³-hybridized carbons (Fsp3) is 0.100. The number of aromatic nitrogens is 3. The van der Waals surface area contributed by atoms with Gasteiger partial charge < -0.3 is 5.11 Å². The Bertz CT molecular complexity index is 570. The highest BCUT2D eigenvalue weighted by molar-refractivity contribution is 9.10. The average Bonchev–Trinajstić information content (AvgIpc) is 2.63. The molecule has 2 N–H and O–H groups in total. The summed E-state index contributed by atoms with van der Waals surface area (Å²) in [5, 5.41) is 16.2. The zero-order chi connectivity index (χ0) is 12.4. The summed E-state index contributed by atoms with van der Waals surface area (Å²) in [5.74, 6) is -0.212. The van der Waals surface area contributed by atoms with Crippen molar-refractivity contribution >= 4 is 33.7 Å². The van der Waals surface area contributed by atoms with Crippen molar-refractivity contribution in [3.05, 3.63) is 34.1 Å². The lowest BCUT2D eigenvalue weighted by Gasteiger charge is -2.01. The van der Waals surface area contributed by atoms with Crippen LogP contribution in [-0.4, -0.2) is 26.3 Å². The number of benzene rings is 1. The highest BCUT2D eigenvalue weighted by atomic mass is 79.9. The van der Waals surface area contributed by atoms with Crippen molar-refractivity contribution < 1.29 is 9.90 Å². The Morgan fingerprint density at radius 2 is 2.29 bits per heavy atom. The zero-order valence-electron chi connectivity index (χ0n) is 8.77. The molecule has 17 heavy (non-hydrogen) atoms. The Morgan fingerprint density at radius 1 is 1.53 bits per heavy atom. The van der Waals surface area contributed by atoms with E-state index in [2.05, 4.69) is 31.1 Å². The molecule has 0 aliphatic heterocycles. The molecule has 1 heterocycles. The van der Waals surface area contributed by atoms with Gasteiger partial charge in [-0.15, -0.1) is 5.10 Å². The third kappa shape index (κ3) is 2.86. The van der Waals surface area contributed by atoms with Crippen LogP contribution in [0.3, 0.4) is 0 Å². The van der Waals surface area contributed by atoms with Crippen LogP contribution in [0.4, 0.5) is 0 Å². The summed E-state index contributed by atoms with van der Waals surface area (Å²) in [6, 6.07) is 5.01. The van der Waals surface area contributed by atoms with Gasteiger partial charge in [0.15, 0.2) is 0 Å². The molecule has 2 aromatic rings. The maximum absolute atomic E-state index is 10.8. The summed E-state index contributed by atoms with van der Waals surface area (Å²) in [7, 11) is 0. The lowest BCUT2D eigenvalue weighted by molar-refractivity contribution is 0.0696.